The summed E-state index contributed by atoms with van der Waals surface area (Å²) >= 11 is 0. The van der Waals surface area contributed by atoms with Crippen molar-refractivity contribution in [3.05, 3.63) is 0 Å². The predicted molar refractivity (Wildman–Crippen MR) is 99.9 cm³/mol. The Labute approximate surface area is 148 Å². The fraction of sp³-hybridized carbons (Fsp3) is 0.941. The van der Waals surface area contributed by atoms with Crippen molar-refractivity contribution in [2.24, 2.45) is 4.99 Å². The highest BCUT2D eigenvalue weighted by Crippen LogP contribution is 1.88. The van der Waals surface area contributed by atoms with Gasteiger partial charge >= 0.3 is 0 Å². The number of hydrogen-bond donors (Lipinski definition) is 2. The molecule has 0 amide bonds. The van der Waals surface area contributed by atoms with Gasteiger partial charge in [-0.15, -0.1) is 0 Å². The topological polar surface area (TPSA) is 67.4 Å². The molecule has 0 rings (SSSR count). The molecule has 0 aliphatic rings. The highest BCUT2D eigenvalue weighted by Gasteiger charge is 2.00. The van der Waals surface area contributed by atoms with Crippen LogP contribution in [0.3, 0.4) is 0 Å². The summed E-state index contributed by atoms with van der Waals surface area (Å²) in [5.74, 6) is 0.808. The molecule has 144 valence electrons. The number of nitrogens with zero attached hydrogens (tertiary/aromatic N) is 2. The number of hydrogen-bond acceptors (Lipinski definition) is 5. The summed E-state index contributed by atoms with van der Waals surface area (Å²) in [6.07, 6.45) is 3.34. The van der Waals surface area contributed by atoms with E-state index >= 15 is 0 Å². The highest BCUT2D eigenvalue weighted by atomic mass is 16.5. The van der Waals surface area contributed by atoms with Crippen molar-refractivity contribution in [3.8, 4) is 0 Å². The van der Waals surface area contributed by atoms with Crippen LogP contribution < -0.4 is 10.6 Å². The molecule has 0 radical (unpaired) electrons. The van der Waals surface area contributed by atoms with Gasteiger partial charge < -0.3 is 29.7 Å². The van der Waals surface area contributed by atoms with Crippen LogP contribution >= 0.6 is 0 Å². The SMILES string of the molecule is CCCCOCCOCCNC(=NC)NCCN(C)CCCOC. The van der Waals surface area contributed by atoms with Crippen molar-refractivity contribution in [3.63, 3.8) is 0 Å². The lowest BCUT2D eigenvalue weighted by Crippen LogP contribution is -2.42. The maximum atomic E-state index is 5.52. The van der Waals surface area contributed by atoms with Gasteiger partial charge in [0.25, 0.3) is 0 Å². The Morgan fingerprint density at radius 2 is 1.62 bits per heavy atom. The predicted octanol–water partition coefficient (Wildman–Crippen LogP) is 0.953. The normalized spacial score (nSPS) is 12.0. The smallest absolute Gasteiger partial charge is 0.191 e. The molecule has 0 aromatic heterocycles. The minimum absolute atomic E-state index is 0.643. The molecule has 7 heteroatoms. The van der Waals surface area contributed by atoms with E-state index in [9.17, 15) is 0 Å². The van der Waals surface area contributed by atoms with Crippen molar-refractivity contribution in [2.45, 2.75) is 26.2 Å². The maximum absolute atomic E-state index is 5.52. The van der Waals surface area contributed by atoms with Gasteiger partial charge in [0.1, 0.15) is 0 Å². The van der Waals surface area contributed by atoms with E-state index in [-0.39, 0.29) is 0 Å². The average molecular weight is 347 g/mol. The molecule has 7 nitrogen and oxygen atoms in total. The van der Waals surface area contributed by atoms with Crippen molar-refractivity contribution < 1.29 is 14.2 Å². The first-order valence-electron chi connectivity index (χ1n) is 9.02. The van der Waals surface area contributed by atoms with E-state index in [0.717, 1.165) is 58.2 Å². The van der Waals surface area contributed by atoms with Gasteiger partial charge in [-0.1, -0.05) is 13.3 Å². The van der Waals surface area contributed by atoms with Gasteiger partial charge in [0.2, 0.25) is 0 Å². The van der Waals surface area contributed by atoms with Gasteiger partial charge in [-0.3, -0.25) is 4.99 Å². The molecule has 0 saturated heterocycles. The molecule has 0 unspecified atom stereocenters. The molecule has 0 aromatic carbocycles. The van der Waals surface area contributed by atoms with E-state index in [1.165, 1.54) is 6.42 Å². The summed E-state index contributed by atoms with van der Waals surface area (Å²) in [5.41, 5.74) is 0. The third kappa shape index (κ3) is 16.0. The number of rotatable bonds is 16. The number of aliphatic imine (C=N–C) groups is 1. The van der Waals surface area contributed by atoms with Gasteiger partial charge in [-0.25, -0.2) is 0 Å². The summed E-state index contributed by atoms with van der Waals surface area (Å²) in [5, 5.41) is 6.54. The second-order valence-electron chi connectivity index (χ2n) is 5.65. The van der Waals surface area contributed by atoms with Gasteiger partial charge in [-0.2, -0.15) is 0 Å². The first-order valence-corrected chi connectivity index (χ1v) is 9.02. The highest BCUT2D eigenvalue weighted by molar-refractivity contribution is 5.79. The van der Waals surface area contributed by atoms with Gasteiger partial charge in [0, 0.05) is 53.6 Å². The van der Waals surface area contributed by atoms with E-state index < -0.39 is 0 Å². The Morgan fingerprint density at radius 1 is 0.917 bits per heavy atom. The van der Waals surface area contributed by atoms with Crippen molar-refractivity contribution in [1.82, 2.24) is 15.5 Å². The van der Waals surface area contributed by atoms with Crippen LogP contribution in [0.5, 0.6) is 0 Å². The summed E-state index contributed by atoms with van der Waals surface area (Å²) in [6.45, 7) is 9.35. The zero-order valence-electron chi connectivity index (χ0n) is 16.1. The van der Waals surface area contributed by atoms with Crippen molar-refractivity contribution in [1.29, 1.82) is 0 Å². The summed E-state index contributed by atoms with van der Waals surface area (Å²) in [7, 11) is 5.63. The van der Waals surface area contributed by atoms with Crippen LogP contribution in [0.25, 0.3) is 0 Å². The molecular formula is C17H38N4O3. The fourth-order valence-electron chi connectivity index (χ4n) is 1.99. The van der Waals surface area contributed by atoms with Crippen LogP contribution in [-0.2, 0) is 14.2 Å². The quantitative estimate of drug-likeness (QED) is 0.246. The maximum Gasteiger partial charge on any atom is 0.191 e. The van der Waals surface area contributed by atoms with Crippen LogP contribution in [0.15, 0.2) is 4.99 Å². The van der Waals surface area contributed by atoms with Crippen LogP contribution in [-0.4, -0.2) is 91.3 Å². The average Bonchev–Trinajstić information content (AvgIpc) is 2.59. The molecule has 0 heterocycles. The molecule has 0 saturated carbocycles. The van der Waals surface area contributed by atoms with E-state index in [2.05, 4.69) is 34.5 Å². The van der Waals surface area contributed by atoms with Crippen molar-refractivity contribution >= 4 is 5.96 Å². The summed E-state index contributed by atoms with van der Waals surface area (Å²) in [4.78, 5) is 6.48. The Bertz CT molecular complexity index is 291. The molecule has 0 aliphatic heterocycles. The number of guanidine groups is 1. The number of ether oxygens (including phenoxy) is 3. The number of nitrogens with one attached hydrogen (secondary N) is 2. The Morgan fingerprint density at radius 3 is 2.29 bits per heavy atom. The summed E-state index contributed by atoms with van der Waals surface area (Å²) < 4.78 is 16.0. The Hall–Kier alpha value is -0.890. The minimum atomic E-state index is 0.643. The lowest BCUT2D eigenvalue weighted by Gasteiger charge is -2.18. The molecule has 24 heavy (non-hydrogen) atoms. The zero-order chi connectivity index (χ0) is 17.9. The second-order valence-corrected chi connectivity index (χ2v) is 5.65. The van der Waals surface area contributed by atoms with E-state index in [1.54, 1.807) is 14.2 Å². The van der Waals surface area contributed by atoms with Crippen LogP contribution in [0.1, 0.15) is 26.2 Å². The minimum Gasteiger partial charge on any atom is -0.385 e. The zero-order valence-corrected chi connectivity index (χ0v) is 16.1. The van der Waals surface area contributed by atoms with E-state index in [4.69, 9.17) is 14.2 Å². The lowest BCUT2D eigenvalue weighted by molar-refractivity contribution is 0.0487. The Kier molecular flexibility index (Phi) is 17.8. The Balaban J connectivity index is 3.47. The third-order valence-corrected chi connectivity index (χ3v) is 3.45. The summed E-state index contributed by atoms with van der Waals surface area (Å²) in [6, 6.07) is 0. The van der Waals surface area contributed by atoms with Crippen LogP contribution in [0.2, 0.25) is 0 Å². The lowest BCUT2D eigenvalue weighted by atomic mass is 10.4. The molecule has 0 fully saturated rings. The van der Waals surface area contributed by atoms with Crippen LogP contribution in [0.4, 0.5) is 0 Å². The van der Waals surface area contributed by atoms with E-state index in [0.29, 0.717) is 19.8 Å². The molecule has 2 N–H and O–H groups in total. The first-order chi connectivity index (χ1) is 11.7. The number of methoxy groups -OCH3 is 1. The molecule has 0 aromatic rings. The first kappa shape index (κ1) is 23.1. The monoisotopic (exact) mass is 346 g/mol. The van der Waals surface area contributed by atoms with E-state index in [1.807, 2.05) is 0 Å². The van der Waals surface area contributed by atoms with Crippen LogP contribution in [0, 0.1) is 0 Å². The van der Waals surface area contributed by atoms with Gasteiger partial charge in [-0.05, 0) is 19.9 Å². The molecular weight excluding hydrogens is 308 g/mol. The molecule has 0 spiro atoms. The molecule has 0 bridgehead atoms. The van der Waals surface area contributed by atoms with Crippen molar-refractivity contribution in [2.75, 3.05) is 80.4 Å². The third-order valence-electron chi connectivity index (χ3n) is 3.45. The fourth-order valence-corrected chi connectivity index (χ4v) is 1.99. The number of likely N-dealkylation sites (N-methyl/N-ethyl adjacent to an activating group) is 1. The number of unbranched alkanes of at least 4 members (excludes halogenated alkanes) is 1. The molecule has 0 atom stereocenters. The standard InChI is InChI=1S/C17H38N4O3/c1-5-6-13-23-15-16-24-14-9-20-17(18-2)19-8-11-21(3)10-7-12-22-4/h5-16H2,1-4H3,(H2,18,19,20). The van der Waals surface area contributed by atoms with Gasteiger partial charge in [0.05, 0.1) is 19.8 Å². The largest absolute Gasteiger partial charge is 0.385 e. The van der Waals surface area contributed by atoms with Gasteiger partial charge in [0.15, 0.2) is 5.96 Å². The second kappa shape index (κ2) is 18.4. The molecule has 0 aliphatic carbocycles.